The summed E-state index contributed by atoms with van der Waals surface area (Å²) in [7, 11) is 0. The van der Waals surface area contributed by atoms with Crippen molar-refractivity contribution in [2.24, 2.45) is 0 Å². The van der Waals surface area contributed by atoms with E-state index in [2.05, 4.69) is 0 Å². The molecule has 1 rings (SSSR count). The molecule has 0 saturated carbocycles. The first kappa shape index (κ1) is 10.5. The Kier molecular flexibility index (Phi) is 3.45. The molecule has 0 radical (unpaired) electrons. The minimum atomic E-state index is -1.03. The highest BCUT2D eigenvalue weighted by Gasteiger charge is 2.03. The van der Waals surface area contributed by atoms with Gasteiger partial charge in [-0.15, -0.1) is 0 Å². The Balaban J connectivity index is 2.60. The standard InChI is InChI=1S/C10H11FO3/c1-7(11)6-14-9-4-2-8(3-5-9)10(12)13/h2-5,7H,6H2,1H3,(H,12,13). The second-order valence-electron chi connectivity index (χ2n) is 2.92. The quantitative estimate of drug-likeness (QED) is 0.806. The van der Waals surface area contributed by atoms with Gasteiger partial charge in [0.2, 0.25) is 0 Å². The zero-order valence-corrected chi connectivity index (χ0v) is 7.74. The van der Waals surface area contributed by atoms with E-state index in [0.29, 0.717) is 5.75 Å². The first-order valence-electron chi connectivity index (χ1n) is 4.20. The second kappa shape index (κ2) is 4.60. The zero-order valence-electron chi connectivity index (χ0n) is 7.74. The van der Waals surface area contributed by atoms with E-state index in [1.165, 1.54) is 31.2 Å². The number of carboxylic acid groups (broad SMARTS) is 1. The van der Waals surface area contributed by atoms with Gasteiger partial charge in [-0.1, -0.05) is 0 Å². The first-order chi connectivity index (χ1) is 6.59. The van der Waals surface area contributed by atoms with Crippen molar-refractivity contribution >= 4 is 5.97 Å². The van der Waals surface area contributed by atoms with Gasteiger partial charge in [0.05, 0.1) is 5.56 Å². The van der Waals surface area contributed by atoms with Gasteiger partial charge in [-0.3, -0.25) is 0 Å². The fourth-order valence-corrected chi connectivity index (χ4v) is 0.905. The molecule has 0 amide bonds. The molecule has 0 bridgehead atoms. The first-order valence-corrected chi connectivity index (χ1v) is 4.20. The van der Waals surface area contributed by atoms with E-state index in [9.17, 15) is 9.18 Å². The molecule has 14 heavy (non-hydrogen) atoms. The molecule has 0 saturated heterocycles. The van der Waals surface area contributed by atoms with Gasteiger partial charge >= 0.3 is 5.97 Å². The lowest BCUT2D eigenvalue weighted by atomic mass is 10.2. The van der Waals surface area contributed by atoms with E-state index in [4.69, 9.17) is 9.84 Å². The highest BCUT2D eigenvalue weighted by molar-refractivity contribution is 5.87. The van der Waals surface area contributed by atoms with E-state index >= 15 is 0 Å². The summed E-state index contributed by atoms with van der Waals surface area (Å²) in [6, 6.07) is 5.85. The van der Waals surface area contributed by atoms with Gasteiger partial charge in [0.25, 0.3) is 0 Å². The molecule has 0 aromatic heterocycles. The Bertz CT molecular complexity index is 306. The number of alkyl halides is 1. The lowest BCUT2D eigenvalue weighted by Crippen LogP contribution is -2.08. The van der Waals surface area contributed by atoms with E-state index in [1.807, 2.05) is 0 Å². The van der Waals surface area contributed by atoms with Crippen molar-refractivity contribution in [3.63, 3.8) is 0 Å². The van der Waals surface area contributed by atoms with Crippen LogP contribution < -0.4 is 4.74 Å². The van der Waals surface area contributed by atoms with Crippen molar-refractivity contribution < 1.29 is 19.0 Å². The summed E-state index contributed by atoms with van der Waals surface area (Å²) in [5, 5.41) is 8.59. The molecule has 0 fully saturated rings. The minimum absolute atomic E-state index is 0.0214. The van der Waals surface area contributed by atoms with Gasteiger partial charge in [0.1, 0.15) is 18.5 Å². The summed E-state index contributed by atoms with van der Waals surface area (Å²) in [5.74, 6) is -0.519. The van der Waals surface area contributed by atoms with E-state index in [1.54, 1.807) is 0 Å². The molecule has 1 N–H and O–H groups in total. The van der Waals surface area contributed by atoms with Crippen LogP contribution in [0.5, 0.6) is 5.75 Å². The fraction of sp³-hybridized carbons (Fsp3) is 0.300. The largest absolute Gasteiger partial charge is 0.491 e. The average Bonchev–Trinajstić information content (AvgIpc) is 2.15. The molecule has 0 aliphatic rings. The Labute approximate surface area is 81.1 Å². The molecule has 76 valence electrons. The van der Waals surface area contributed by atoms with Crippen LogP contribution in [0, 0.1) is 0 Å². The van der Waals surface area contributed by atoms with Crippen LogP contribution >= 0.6 is 0 Å². The molecule has 0 heterocycles. The van der Waals surface area contributed by atoms with Gasteiger partial charge < -0.3 is 9.84 Å². The molecular formula is C10H11FO3. The van der Waals surface area contributed by atoms with Crippen LogP contribution in [0.2, 0.25) is 0 Å². The molecule has 1 unspecified atom stereocenters. The summed E-state index contributed by atoms with van der Waals surface area (Å²) in [6.45, 7) is 1.37. The van der Waals surface area contributed by atoms with Crippen molar-refractivity contribution in [2.75, 3.05) is 6.61 Å². The monoisotopic (exact) mass is 198 g/mol. The number of ether oxygens (including phenoxy) is 1. The van der Waals surface area contributed by atoms with Crippen LogP contribution in [-0.2, 0) is 0 Å². The van der Waals surface area contributed by atoms with Crippen molar-refractivity contribution in [3.05, 3.63) is 29.8 Å². The Morgan fingerprint density at radius 3 is 2.50 bits per heavy atom. The van der Waals surface area contributed by atoms with Crippen LogP contribution in [0.1, 0.15) is 17.3 Å². The number of rotatable bonds is 4. The van der Waals surface area contributed by atoms with Crippen molar-refractivity contribution in [1.29, 1.82) is 0 Å². The topological polar surface area (TPSA) is 46.5 Å². The third-order valence-corrected chi connectivity index (χ3v) is 1.58. The number of halogens is 1. The maximum atomic E-state index is 12.4. The van der Waals surface area contributed by atoms with Crippen molar-refractivity contribution in [3.8, 4) is 5.75 Å². The molecule has 0 aliphatic heterocycles. The molecule has 1 atom stereocenters. The average molecular weight is 198 g/mol. The molecule has 3 nitrogen and oxygen atoms in total. The summed E-state index contributed by atoms with van der Waals surface area (Å²) in [5.41, 5.74) is 0.186. The number of carbonyl (C=O) groups is 1. The molecule has 0 spiro atoms. The van der Waals surface area contributed by atoms with Crippen molar-refractivity contribution in [2.45, 2.75) is 13.1 Å². The van der Waals surface area contributed by atoms with Gasteiger partial charge in [0, 0.05) is 0 Å². The zero-order chi connectivity index (χ0) is 10.6. The van der Waals surface area contributed by atoms with E-state index in [0.717, 1.165) is 0 Å². The lowest BCUT2D eigenvalue weighted by molar-refractivity contribution is 0.0697. The third-order valence-electron chi connectivity index (χ3n) is 1.58. The number of hydrogen-bond donors (Lipinski definition) is 1. The van der Waals surface area contributed by atoms with Crippen LogP contribution in [0.25, 0.3) is 0 Å². The smallest absolute Gasteiger partial charge is 0.335 e. The summed E-state index contributed by atoms with van der Waals surface area (Å²) in [6.07, 6.45) is -1.03. The number of aromatic carboxylic acids is 1. The summed E-state index contributed by atoms with van der Waals surface area (Å²) in [4.78, 5) is 10.5. The third kappa shape index (κ3) is 3.05. The maximum Gasteiger partial charge on any atom is 0.335 e. The predicted molar refractivity (Wildman–Crippen MR) is 49.5 cm³/mol. The molecule has 1 aromatic carbocycles. The molecular weight excluding hydrogens is 187 g/mol. The Morgan fingerprint density at radius 2 is 2.07 bits per heavy atom. The highest BCUT2D eigenvalue weighted by atomic mass is 19.1. The van der Waals surface area contributed by atoms with Gasteiger partial charge in [-0.25, -0.2) is 9.18 Å². The van der Waals surface area contributed by atoms with Crippen LogP contribution in [0.3, 0.4) is 0 Å². The lowest BCUT2D eigenvalue weighted by Gasteiger charge is -2.06. The summed E-state index contributed by atoms with van der Waals surface area (Å²) >= 11 is 0. The molecule has 1 aromatic rings. The van der Waals surface area contributed by atoms with Crippen LogP contribution in [0.4, 0.5) is 4.39 Å². The maximum absolute atomic E-state index is 12.4. The Morgan fingerprint density at radius 1 is 1.50 bits per heavy atom. The highest BCUT2D eigenvalue weighted by Crippen LogP contribution is 2.12. The van der Waals surface area contributed by atoms with Gasteiger partial charge in [0.15, 0.2) is 0 Å². The fourth-order valence-electron chi connectivity index (χ4n) is 0.905. The Hall–Kier alpha value is -1.58. The summed E-state index contributed by atoms with van der Waals surface area (Å²) < 4.78 is 17.4. The second-order valence-corrected chi connectivity index (χ2v) is 2.92. The molecule has 0 aliphatic carbocycles. The minimum Gasteiger partial charge on any atom is -0.491 e. The SMILES string of the molecule is CC(F)COc1ccc(C(=O)O)cc1. The van der Waals surface area contributed by atoms with Gasteiger partial charge in [-0.2, -0.15) is 0 Å². The van der Waals surface area contributed by atoms with E-state index < -0.39 is 12.1 Å². The number of carboxylic acids is 1. The van der Waals surface area contributed by atoms with Gasteiger partial charge in [-0.05, 0) is 31.2 Å². The van der Waals surface area contributed by atoms with E-state index in [-0.39, 0.29) is 12.2 Å². The van der Waals surface area contributed by atoms with Crippen LogP contribution in [0.15, 0.2) is 24.3 Å². The van der Waals surface area contributed by atoms with Crippen molar-refractivity contribution in [1.82, 2.24) is 0 Å². The number of hydrogen-bond acceptors (Lipinski definition) is 2. The normalized spacial score (nSPS) is 12.1. The van der Waals surface area contributed by atoms with Crippen LogP contribution in [-0.4, -0.2) is 23.9 Å². The molecule has 4 heteroatoms. The number of benzene rings is 1. The predicted octanol–water partition coefficient (Wildman–Crippen LogP) is 2.12.